The van der Waals surface area contributed by atoms with Crippen LogP contribution in [0.25, 0.3) is 0 Å². The fraction of sp³-hybridized carbons (Fsp3) is 0.846. The summed E-state index contributed by atoms with van der Waals surface area (Å²) in [5, 5.41) is 0. The Kier molecular flexibility index (Phi) is 13.4. The highest BCUT2D eigenvalue weighted by atomic mass is 14.2. The molecule has 0 saturated heterocycles. The van der Waals surface area contributed by atoms with Gasteiger partial charge in [-0.25, -0.2) is 0 Å². The van der Waals surface area contributed by atoms with Gasteiger partial charge in [-0.2, -0.15) is 0 Å². The molecule has 0 aliphatic heterocycles. The Morgan fingerprint density at radius 1 is 1.23 bits per heavy atom. The lowest BCUT2D eigenvalue weighted by atomic mass is 9.86. The molecule has 78 valence electrons. The largest absolute Gasteiger partial charge is 0.120 e. The molecular formula is C13H26. The first-order chi connectivity index (χ1) is 6.26. The quantitative estimate of drug-likeness (QED) is 0.549. The van der Waals surface area contributed by atoms with Gasteiger partial charge in [-0.3, -0.25) is 0 Å². The lowest BCUT2D eigenvalue weighted by Crippen LogP contribution is -2.09. The van der Waals surface area contributed by atoms with Gasteiger partial charge in [-0.15, -0.1) is 12.3 Å². The minimum atomic E-state index is 0.713. The summed E-state index contributed by atoms with van der Waals surface area (Å²) in [6.07, 6.45) is 10.1. The zero-order chi connectivity index (χ0) is 10.7. The lowest BCUT2D eigenvalue weighted by molar-refractivity contribution is 0.328. The Balaban J connectivity index is 0. The lowest BCUT2D eigenvalue weighted by Gasteiger charge is -2.19. The molecule has 2 atom stereocenters. The van der Waals surface area contributed by atoms with E-state index in [4.69, 9.17) is 6.42 Å². The highest BCUT2D eigenvalue weighted by molar-refractivity contribution is 4.87. The summed E-state index contributed by atoms with van der Waals surface area (Å²) in [4.78, 5) is 0. The fourth-order valence-electron chi connectivity index (χ4n) is 1.61. The van der Waals surface area contributed by atoms with E-state index in [2.05, 4.69) is 26.7 Å². The predicted octanol–water partition coefficient (Wildman–Crippen LogP) is 4.50. The maximum absolute atomic E-state index is 5.27. The summed E-state index contributed by atoms with van der Waals surface area (Å²) in [5.74, 6) is 4.30. The van der Waals surface area contributed by atoms with Crippen LogP contribution in [-0.4, -0.2) is 0 Å². The molecule has 0 N–H and O–H groups in total. The summed E-state index contributed by atoms with van der Waals surface area (Å²) in [5.41, 5.74) is 0. The topological polar surface area (TPSA) is 0 Å². The highest BCUT2D eigenvalue weighted by Crippen LogP contribution is 2.22. The van der Waals surface area contributed by atoms with Gasteiger partial charge in [0.1, 0.15) is 0 Å². The molecule has 0 heterocycles. The van der Waals surface area contributed by atoms with E-state index in [0.717, 1.165) is 12.3 Å². The van der Waals surface area contributed by atoms with Gasteiger partial charge in [0.2, 0.25) is 0 Å². The second-order valence-electron chi connectivity index (χ2n) is 3.34. The molecule has 0 rings (SSSR count). The minimum Gasteiger partial charge on any atom is -0.120 e. The summed E-state index contributed by atoms with van der Waals surface area (Å²) >= 11 is 0. The molecule has 0 aromatic rings. The van der Waals surface area contributed by atoms with Crippen LogP contribution in [-0.2, 0) is 0 Å². The Bertz CT molecular complexity index is 118. The number of hydrogen-bond acceptors (Lipinski definition) is 0. The molecule has 0 bridgehead atoms. The third-order valence-corrected chi connectivity index (χ3v) is 2.43. The molecule has 0 aliphatic carbocycles. The van der Waals surface area contributed by atoms with Crippen LogP contribution in [0.4, 0.5) is 0 Å². The van der Waals surface area contributed by atoms with Crippen molar-refractivity contribution in [2.75, 3.05) is 0 Å². The average Bonchev–Trinajstić information content (AvgIpc) is 2.17. The summed E-state index contributed by atoms with van der Waals surface area (Å²) < 4.78 is 0. The summed E-state index contributed by atoms with van der Waals surface area (Å²) in [7, 11) is 0. The molecular weight excluding hydrogens is 156 g/mol. The van der Waals surface area contributed by atoms with Crippen LogP contribution >= 0.6 is 0 Å². The summed E-state index contributed by atoms with van der Waals surface area (Å²) in [6.45, 7) is 10.8. The van der Waals surface area contributed by atoms with E-state index in [0.29, 0.717) is 5.92 Å². The summed E-state index contributed by atoms with van der Waals surface area (Å²) in [6, 6.07) is 0. The van der Waals surface area contributed by atoms with E-state index in [1.165, 1.54) is 19.3 Å². The van der Waals surface area contributed by atoms with Gasteiger partial charge in [0, 0.05) is 6.42 Å². The second kappa shape index (κ2) is 11.6. The maximum Gasteiger partial charge on any atom is 0.0114 e. The van der Waals surface area contributed by atoms with Gasteiger partial charge in [0.05, 0.1) is 0 Å². The molecule has 0 saturated carbocycles. The monoisotopic (exact) mass is 182 g/mol. The van der Waals surface area contributed by atoms with Crippen molar-refractivity contribution < 1.29 is 0 Å². The zero-order valence-electron chi connectivity index (χ0n) is 10.1. The van der Waals surface area contributed by atoms with Crippen LogP contribution in [0.3, 0.4) is 0 Å². The third-order valence-electron chi connectivity index (χ3n) is 2.43. The second-order valence-corrected chi connectivity index (χ2v) is 3.34. The highest BCUT2D eigenvalue weighted by Gasteiger charge is 2.12. The molecule has 0 amide bonds. The van der Waals surface area contributed by atoms with Gasteiger partial charge >= 0.3 is 0 Å². The Labute approximate surface area is 85.1 Å². The van der Waals surface area contributed by atoms with Crippen molar-refractivity contribution in [1.29, 1.82) is 0 Å². The van der Waals surface area contributed by atoms with Crippen molar-refractivity contribution in [1.82, 2.24) is 0 Å². The first-order valence-corrected chi connectivity index (χ1v) is 5.69. The van der Waals surface area contributed by atoms with Crippen LogP contribution < -0.4 is 0 Å². The van der Waals surface area contributed by atoms with Crippen molar-refractivity contribution in [2.24, 2.45) is 11.8 Å². The van der Waals surface area contributed by atoms with Gasteiger partial charge in [-0.1, -0.05) is 53.9 Å². The van der Waals surface area contributed by atoms with Gasteiger partial charge in [0.15, 0.2) is 0 Å². The molecule has 0 aromatic carbocycles. The normalized spacial score (nSPS) is 13.5. The Morgan fingerprint density at radius 2 is 1.77 bits per heavy atom. The molecule has 0 nitrogen and oxygen atoms in total. The van der Waals surface area contributed by atoms with E-state index in [1.807, 2.05) is 13.8 Å². The van der Waals surface area contributed by atoms with Crippen LogP contribution in [0.5, 0.6) is 0 Å². The number of rotatable bonds is 5. The van der Waals surface area contributed by atoms with Crippen LogP contribution in [0, 0.1) is 24.2 Å². The molecule has 0 spiro atoms. The fourth-order valence-corrected chi connectivity index (χ4v) is 1.61. The smallest absolute Gasteiger partial charge is 0.0114 e. The van der Waals surface area contributed by atoms with Crippen molar-refractivity contribution in [3.05, 3.63) is 0 Å². The third kappa shape index (κ3) is 7.91. The van der Waals surface area contributed by atoms with E-state index in [-0.39, 0.29) is 0 Å². The van der Waals surface area contributed by atoms with Crippen molar-refractivity contribution >= 4 is 0 Å². The van der Waals surface area contributed by atoms with Gasteiger partial charge in [-0.05, 0) is 11.8 Å². The molecule has 2 unspecified atom stereocenters. The van der Waals surface area contributed by atoms with E-state index in [1.54, 1.807) is 0 Å². The van der Waals surface area contributed by atoms with Crippen LogP contribution in [0.15, 0.2) is 0 Å². The van der Waals surface area contributed by atoms with E-state index < -0.39 is 0 Å². The molecule has 0 fully saturated rings. The maximum atomic E-state index is 5.27. The predicted molar refractivity (Wildman–Crippen MR) is 62.7 cm³/mol. The Hall–Kier alpha value is -0.440. The average molecular weight is 182 g/mol. The molecule has 0 heteroatoms. The standard InChI is InChI=1S/C11H20.C2H6/c1-5-8-10(4)11(7-3)9-6-2;1-2/h1,10-11H,6-9H2,2-4H3;1-2H3. The Morgan fingerprint density at radius 3 is 2.08 bits per heavy atom. The number of terminal acetylenes is 1. The van der Waals surface area contributed by atoms with Crippen molar-refractivity contribution in [2.45, 2.75) is 60.3 Å². The van der Waals surface area contributed by atoms with Crippen LogP contribution in [0.2, 0.25) is 0 Å². The molecule has 0 aromatic heterocycles. The zero-order valence-corrected chi connectivity index (χ0v) is 10.1. The van der Waals surface area contributed by atoms with E-state index >= 15 is 0 Å². The van der Waals surface area contributed by atoms with Crippen LogP contribution in [0.1, 0.15) is 60.3 Å². The molecule has 0 radical (unpaired) electrons. The molecule has 13 heavy (non-hydrogen) atoms. The SMILES string of the molecule is C#CCC(C)C(CC)CCC.CC. The first-order valence-electron chi connectivity index (χ1n) is 5.69. The van der Waals surface area contributed by atoms with Gasteiger partial charge < -0.3 is 0 Å². The number of hydrogen-bond donors (Lipinski definition) is 0. The van der Waals surface area contributed by atoms with E-state index in [9.17, 15) is 0 Å². The van der Waals surface area contributed by atoms with Crippen molar-refractivity contribution in [3.8, 4) is 12.3 Å². The van der Waals surface area contributed by atoms with Gasteiger partial charge in [0.25, 0.3) is 0 Å². The van der Waals surface area contributed by atoms with Crippen molar-refractivity contribution in [3.63, 3.8) is 0 Å². The molecule has 0 aliphatic rings. The minimum absolute atomic E-state index is 0.713. The first kappa shape index (κ1) is 15.1.